The lowest BCUT2D eigenvalue weighted by Crippen LogP contribution is -2.28. The van der Waals surface area contributed by atoms with E-state index in [0.717, 1.165) is 10.0 Å². The molecule has 88 valence electrons. The zero-order valence-electron chi connectivity index (χ0n) is 8.77. The van der Waals surface area contributed by atoms with Gasteiger partial charge in [-0.3, -0.25) is 5.32 Å². The third kappa shape index (κ3) is 3.28. The minimum absolute atomic E-state index is 0.314. The van der Waals surface area contributed by atoms with Crippen LogP contribution in [0.3, 0.4) is 0 Å². The minimum atomic E-state index is -0.336. The summed E-state index contributed by atoms with van der Waals surface area (Å²) in [6.07, 6.45) is 1.32. The first-order valence-electron chi connectivity index (χ1n) is 4.89. The summed E-state index contributed by atoms with van der Waals surface area (Å²) in [5.41, 5.74) is 1.00. The molecule has 0 atom stereocenters. The number of anilines is 1. The van der Waals surface area contributed by atoms with E-state index in [1.165, 1.54) is 6.33 Å². The van der Waals surface area contributed by atoms with Crippen LogP contribution in [0.25, 0.3) is 0 Å². The Morgan fingerprint density at radius 3 is 2.94 bits per heavy atom. The maximum atomic E-state index is 11.5. The number of benzene rings is 1. The predicted molar refractivity (Wildman–Crippen MR) is 66.4 cm³/mol. The number of H-pyrrole nitrogens is 1. The van der Waals surface area contributed by atoms with E-state index in [9.17, 15) is 4.79 Å². The molecule has 1 aromatic heterocycles. The summed E-state index contributed by atoms with van der Waals surface area (Å²) in [5, 5.41) is 11.4. The standard InChI is InChI=1S/C10H10BrN5O/c11-8-4-2-1-3-7(8)5-12-10(17)15-9-13-6-14-16-9/h1-4,6H,5H2,(H3,12,13,14,15,16,17). The largest absolute Gasteiger partial charge is 0.334 e. The number of nitrogens with zero attached hydrogens (tertiary/aromatic N) is 2. The lowest BCUT2D eigenvalue weighted by Gasteiger charge is -2.06. The number of amides is 2. The third-order valence-electron chi connectivity index (χ3n) is 2.04. The van der Waals surface area contributed by atoms with Gasteiger partial charge < -0.3 is 5.32 Å². The fourth-order valence-electron chi connectivity index (χ4n) is 1.23. The van der Waals surface area contributed by atoms with Gasteiger partial charge in [-0.05, 0) is 11.6 Å². The number of hydrogen-bond acceptors (Lipinski definition) is 3. The highest BCUT2D eigenvalue weighted by Crippen LogP contribution is 2.15. The number of aromatic amines is 1. The molecule has 2 amide bonds. The molecule has 0 fully saturated rings. The smallest absolute Gasteiger partial charge is 0.321 e. The Balaban J connectivity index is 1.86. The predicted octanol–water partition coefficient (Wildman–Crippen LogP) is 1.89. The molecule has 7 heteroatoms. The Labute approximate surface area is 106 Å². The number of carbonyl (C=O) groups is 1. The average Bonchev–Trinajstić information content (AvgIpc) is 2.81. The lowest BCUT2D eigenvalue weighted by molar-refractivity contribution is 0.251. The Morgan fingerprint density at radius 2 is 2.24 bits per heavy atom. The second-order valence-corrected chi connectivity index (χ2v) is 4.09. The zero-order chi connectivity index (χ0) is 12.1. The van der Waals surface area contributed by atoms with Gasteiger partial charge in [0.25, 0.3) is 0 Å². The van der Waals surface area contributed by atoms with Crippen LogP contribution in [0.2, 0.25) is 0 Å². The molecule has 0 radical (unpaired) electrons. The zero-order valence-corrected chi connectivity index (χ0v) is 10.4. The molecule has 1 aromatic carbocycles. The first kappa shape index (κ1) is 11.6. The van der Waals surface area contributed by atoms with Crippen molar-refractivity contribution in [3.8, 4) is 0 Å². The van der Waals surface area contributed by atoms with E-state index in [2.05, 4.69) is 41.7 Å². The maximum Gasteiger partial charge on any atom is 0.321 e. The molecule has 1 heterocycles. The van der Waals surface area contributed by atoms with Crippen molar-refractivity contribution in [1.82, 2.24) is 20.5 Å². The van der Waals surface area contributed by atoms with Gasteiger partial charge in [-0.15, -0.1) is 0 Å². The molecule has 0 aliphatic rings. The van der Waals surface area contributed by atoms with E-state index in [1.54, 1.807) is 0 Å². The molecule has 0 aliphatic heterocycles. The van der Waals surface area contributed by atoms with Gasteiger partial charge in [0.15, 0.2) is 0 Å². The second kappa shape index (κ2) is 5.44. The van der Waals surface area contributed by atoms with Gasteiger partial charge in [0.2, 0.25) is 5.95 Å². The van der Waals surface area contributed by atoms with Crippen molar-refractivity contribution in [2.45, 2.75) is 6.54 Å². The third-order valence-corrected chi connectivity index (χ3v) is 2.82. The Hall–Kier alpha value is -1.89. The van der Waals surface area contributed by atoms with E-state index in [0.29, 0.717) is 12.5 Å². The summed E-state index contributed by atoms with van der Waals surface area (Å²) < 4.78 is 0.958. The van der Waals surface area contributed by atoms with Crippen LogP contribution >= 0.6 is 15.9 Å². The monoisotopic (exact) mass is 295 g/mol. The van der Waals surface area contributed by atoms with Gasteiger partial charge in [-0.1, -0.05) is 34.1 Å². The van der Waals surface area contributed by atoms with Crippen molar-refractivity contribution >= 4 is 27.9 Å². The molecule has 6 nitrogen and oxygen atoms in total. The summed E-state index contributed by atoms with van der Waals surface area (Å²) >= 11 is 3.41. The molecule has 0 saturated carbocycles. The number of halogens is 1. The van der Waals surface area contributed by atoms with Crippen LogP contribution in [0.4, 0.5) is 10.7 Å². The van der Waals surface area contributed by atoms with Gasteiger partial charge in [0.05, 0.1) is 0 Å². The molecule has 0 spiro atoms. The van der Waals surface area contributed by atoms with Crippen LogP contribution < -0.4 is 10.6 Å². The van der Waals surface area contributed by atoms with E-state index in [1.807, 2.05) is 24.3 Å². The van der Waals surface area contributed by atoms with Crippen LogP contribution in [-0.4, -0.2) is 21.2 Å². The van der Waals surface area contributed by atoms with Gasteiger partial charge in [0.1, 0.15) is 6.33 Å². The fraction of sp³-hybridized carbons (Fsp3) is 0.100. The quantitative estimate of drug-likeness (QED) is 0.809. The van der Waals surface area contributed by atoms with Crippen LogP contribution in [-0.2, 0) is 6.54 Å². The summed E-state index contributed by atoms with van der Waals surface area (Å²) in [6.45, 7) is 0.432. The molecule has 0 unspecified atom stereocenters. The molecule has 2 aromatic rings. The van der Waals surface area contributed by atoms with Gasteiger partial charge in [-0.25, -0.2) is 9.89 Å². The van der Waals surface area contributed by atoms with E-state index < -0.39 is 0 Å². The van der Waals surface area contributed by atoms with Crippen molar-refractivity contribution in [2.75, 3.05) is 5.32 Å². The van der Waals surface area contributed by atoms with Crippen LogP contribution in [0.5, 0.6) is 0 Å². The molecule has 2 rings (SSSR count). The topological polar surface area (TPSA) is 82.7 Å². The maximum absolute atomic E-state index is 11.5. The Morgan fingerprint density at radius 1 is 1.41 bits per heavy atom. The molecule has 0 saturated heterocycles. The van der Waals surface area contributed by atoms with Crippen molar-refractivity contribution in [2.24, 2.45) is 0 Å². The summed E-state index contributed by atoms with van der Waals surface area (Å²) in [7, 11) is 0. The number of carbonyl (C=O) groups excluding carboxylic acids is 1. The van der Waals surface area contributed by atoms with Crippen LogP contribution in [0.15, 0.2) is 35.1 Å². The number of hydrogen-bond donors (Lipinski definition) is 3. The summed E-state index contributed by atoms with van der Waals surface area (Å²) in [5.74, 6) is 0.314. The average molecular weight is 296 g/mol. The van der Waals surface area contributed by atoms with E-state index in [-0.39, 0.29) is 6.03 Å². The highest BCUT2D eigenvalue weighted by Gasteiger charge is 2.04. The van der Waals surface area contributed by atoms with Gasteiger partial charge in [-0.2, -0.15) is 10.1 Å². The Kier molecular flexibility index (Phi) is 3.71. The highest BCUT2D eigenvalue weighted by molar-refractivity contribution is 9.10. The number of nitrogens with one attached hydrogen (secondary N) is 3. The normalized spacial score (nSPS) is 9.94. The number of rotatable bonds is 3. The highest BCUT2D eigenvalue weighted by atomic mass is 79.9. The molecule has 3 N–H and O–H groups in total. The van der Waals surface area contributed by atoms with Crippen LogP contribution in [0, 0.1) is 0 Å². The number of aromatic nitrogens is 3. The Bertz CT molecular complexity index is 499. The molecule has 0 bridgehead atoms. The molecule has 0 aliphatic carbocycles. The molecular formula is C10H10BrN5O. The van der Waals surface area contributed by atoms with Crippen molar-refractivity contribution < 1.29 is 4.79 Å². The van der Waals surface area contributed by atoms with Crippen molar-refractivity contribution in [1.29, 1.82) is 0 Å². The summed E-state index contributed by atoms with van der Waals surface area (Å²) in [6, 6.07) is 7.35. The van der Waals surface area contributed by atoms with E-state index >= 15 is 0 Å². The fourth-order valence-corrected chi connectivity index (χ4v) is 1.66. The first-order chi connectivity index (χ1) is 8.25. The number of urea groups is 1. The lowest BCUT2D eigenvalue weighted by atomic mass is 10.2. The molecule has 17 heavy (non-hydrogen) atoms. The van der Waals surface area contributed by atoms with Crippen molar-refractivity contribution in [3.05, 3.63) is 40.6 Å². The van der Waals surface area contributed by atoms with E-state index in [4.69, 9.17) is 0 Å². The molecular weight excluding hydrogens is 286 g/mol. The van der Waals surface area contributed by atoms with Gasteiger partial charge >= 0.3 is 6.03 Å². The van der Waals surface area contributed by atoms with Gasteiger partial charge in [0, 0.05) is 11.0 Å². The SMILES string of the molecule is O=C(NCc1ccccc1Br)Nc1ncn[nH]1. The first-order valence-corrected chi connectivity index (χ1v) is 5.68. The summed E-state index contributed by atoms with van der Waals surface area (Å²) in [4.78, 5) is 15.3. The van der Waals surface area contributed by atoms with Crippen molar-refractivity contribution in [3.63, 3.8) is 0 Å². The van der Waals surface area contributed by atoms with Crippen LogP contribution in [0.1, 0.15) is 5.56 Å². The second-order valence-electron chi connectivity index (χ2n) is 3.23. The minimum Gasteiger partial charge on any atom is -0.334 e.